The second-order valence-electron chi connectivity index (χ2n) is 6.39. The molecule has 1 aromatic carbocycles. The Hall–Kier alpha value is -1.97. The first-order chi connectivity index (χ1) is 12.9. The van der Waals surface area contributed by atoms with Crippen molar-refractivity contribution in [3.05, 3.63) is 29.8 Å². The Morgan fingerprint density at radius 1 is 1.19 bits per heavy atom. The number of nitrogens with zero attached hydrogens (tertiary/aromatic N) is 2. The standard InChI is InChI=1S/C18H27N3O5S/c1-3-4-9-20(2)17(22)14-19-18(23)15-5-7-16(8-6-15)27(24,25)21-10-12-26-13-11-21/h5-8H,3-4,9-14H2,1-2H3,(H,19,23). The first-order valence-corrected chi connectivity index (χ1v) is 10.5. The molecule has 0 aromatic heterocycles. The number of hydrogen-bond donors (Lipinski definition) is 1. The zero-order chi connectivity index (χ0) is 19.9. The number of carbonyl (C=O) groups is 2. The Morgan fingerprint density at radius 2 is 1.81 bits per heavy atom. The largest absolute Gasteiger partial charge is 0.379 e. The van der Waals surface area contributed by atoms with Gasteiger partial charge in [-0.25, -0.2) is 8.42 Å². The van der Waals surface area contributed by atoms with Gasteiger partial charge in [0.1, 0.15) is 0 Å². The molecular formula is C18H27N3O5S. The van der Waals surface area contributed by atoms with Crippen LogP contribution in [0.3, 0.4) is 0 Å². The highest BCUT2D eigenvalue weighted by atomic mass is 32.2. The molecule has 2 rings (SSSR count). The van der Waals surface area contributed by atoms with Crippen LogP contribution in [0.2, 0.25) is 0 Å². The average molecular weight is 397 g/mol. The molecule has 1 aliphatic rings. The number of carbonyl (C=O) groups excluding carboxylic acids is 2. The van der Waals surface area contributed by atoms with Crippen LogP contribution in [0.25, 0.3) is 0 Å². The van der Waals surface area contributed by atoms with Crippen molar-refractivity contribution in [3.8, 4) is 0 Å². The Labute approximate surface area is 160 Å². The number of hydrogen-bond acceptors (Lipinski definition) is 5. The van der Waals surface area contributed by atoms with Gasteiger partial charge in [0, 0.05) is 32.2 Å². The average Bonchev–Trinajstić information content (AvgIpc) is 2.70. The molecule has 150 valence electrons. The number of benzene rings is 1. The van der Waals surface area contributed by atoms with E-state index in [0.717, 1.165) is 12.8 Å². The third kappa shape index (κ3) is 5.75. The fourth-order valence-corrected chi connectivity index (χ4v) is 4.04. The van der Waals surface area contributed by atoms with Crippen molar-refractivity contribution >= 4 is 21.8 Å². The molecule has 0 bridgehead atoms. The number of likely N-dealkylation sites (N-methyl/N-ethyl adjacent to an activating group) is 1. The van der Waals surface area contributed by atoms with E-state index in [1.165, 1.54) is 28.6 Å². The molecule has 27 heavy (non-hydrogen) atoms. The lowest BCUT2D eigenvalue weighted by atomic mass is 10.2. The minimum absolute atomic E-state index is 0.0904. The Kier molecular flexibility index (Phi) is 7.76. The van der Waals surface area contributed by atoms with E-state index in [2.05, 4.69) is 5.32 Å². The van der Waals surface area contributed by atoms with Gasteiger partial charge in [0.05, 0.1) is 24.7 Å². The van der Waals surface area contributed by atoms with Crippen LogP contribution in [0.5, 0.6) is 0 Å². The van der Waals surface area contributed by atoms with Gasteiger partial charge in [-0.3, -0.25) is 9.59 Å². The quantitative estimate of drug-likeness (QED) is 0.696. The Morgan fingerprint density at radius 3 is 2.41 bits per heavy atom. The molecule has 1 aromatic rings. The molecule has 1 saturated heterocycles. The van der Waals surface area contributed by atoms with Crippen molar-refractivity contribution in [2.24, 2.45) is 0 Å². The van der Waals surface area contributed by atoms with Crippen molar-refractivity contribution in [1.82, 2.24) is 14.5 Å². The van der Waals surface area contributed by atoms with E-state index in [9.17, 15) is 18.0 Å². The molecule has 0 saturated carbocycles. The normalized spacial score (nSPS) is 15.3. The van der Waals surface area contributed by atoms with Gasteiger partial charge in [0.25, 0.3) is 5.91 Å². The molecule has 0 aliphatic carbocycles. The van der Waals surface area contributed by atoms with E-state index in [1.54, 1.807) is 11.9 Å². The molecule has 1 N–H and O–H groups in total. The zero-order valence-corrected chi connectivity index (χ0v) is 16.6. The summed E-state index contributed by atoms with van der Waals surface area (Å²) < 4.78 is 31.7. The minimum Gasteiger partial charge on any atom is -0.379 e. The monoisotopic (exact) mass is 397 g/mol. The molecule has 9 heteroatoms. The van der Waals surface area contributed by atoms with E-state index >= 15 is 0 Å². The van der Waals surface area contributed by atoms with Gasteiger partial charge in [-0.1, -0.05) is 13.3 Å². The number of nitrogens with one attached hydrogen (secondary N) is 1. The van der Waals surface area contributed by atoms with Crippen LogP contribution < -0.4 is 5.32 Å². The molecule has 1 aliphatic heterocycles. The highest BCUT2D eigenvalue weighted by Gasteiger charge is 2.26. The first-order valence-electron chi connectivity index (χ1n) is 9.06. The predicted molar refractivity (Wildman–Crippen MR) is 101 cm³/mol. The van der Waals surface area contributed by atoms with Crippen LogP contribution >= 0.6 is 0 Å². The van der Waals surface area contributed by atoms with Crippen LogP contribution in [0.1, 0.15) is 30.1 Å². The summed E-state index contributed by atoms with van der Waals surface area (Å²) in [7, 11) is -1.89. The summed E-state index contributed by atoms with van der Waals surface area (Å²) in [5.41, 5.74) is 0.305. The van der Waals surface area contributed by atoms with E-state index in [0.29, 0.717) is 38.4 Å². The zero-order valence-electron chi connectivity index (χ0n) is 15.8. The van der Waals surface area contributed by atoms with Crippen LogP contribution in [0.15, 0.2) is 29.2 Å². The molecule has 2 amide bonds. The smallest absolute Gasteiger partial charge is 0.251 e. The molecular weight excluding hydrogens is 370 g/mol. The van der Waals surface area contributed by atoms with Gasteiger partial charge in [-0.15, -0.1) is 0 Å². The van der Waals surface area contributed by atoms with Crippen LogP contribution in [-0.4, -0.2) is 75.9 Å². The number of amides is 2. The van der Waals surface area contributed by atoms with E-state index < -0.39 is 15.9 Å². The fraction of sp³-hybridized carbons (Fsp3) is 0.556. The molecule has 0 atom stereocenters. The summed E-state index contributed by atoms with van der Waals surface area (Å²) in [4.78, 5) is 25.9. The van der Waals surface area contributed by atoms with Crippen molar-refractivity contribution < 1.29 is 22.7 Å². The highest BCUT2D eigenvalue weighted by molar-refractivity contribution is 7.89. The predicted octanol–water partition coefficient (Wildman–Crippen LogP) is 0.696. The van der Waals surface area contributed by atoms with Crippen molar-refractivity contribution in [1.29, 1.82) is 0 Å². The van der Waals surface area contributed by atoms with Gasteiger partial charge < -0.3 is 15.0 Å². The SMILES string of the molecule is CCCCN(C)C(=O)CNC(=O)c1ccc(S(=O)(=O)N2CCOCC2)cc1. The number of morpholine rings is 1. The topological polar surface area (TPSA) is 96.0 Å². The molecule has 1 fully saturated rings. The lowest BCUT2D eigenvalue weighted by Gasteiger charge is -2.26. The molecule has 0 spiro atoms. The van der Waals surface area contributed by atoms with Crippen molar-refractivity contribution in [3.63, 3.8) is 0 Å². The number of ether oxygens (including phenoxy) is 1. The summed E-state index contributed by atoms with van der Waals surface area (Å²) in [6.45, 7) is 3.99. The number of unbranched alkanes of at least 4 members (excludes halogenated alkanes) is 1. The van der Waals surface area contributed by atoms with E-state index in [4.69, 9.17) is 4.74 Å². The van der Waals surface area contributed by atoms with Crippen molar-refractivity contribution in [2.45, 2.75) is 24.7 Å². The van der Waals surface area contributed by atoms with Crippen LogP contribution in [0.4, 0.5) is 0 Å². The molecule has 1 heterocycles. The van der Waals surface area contributed by atoms with Crippen molar-refractivity contribution in [2.75, 3.05) is 46.4 Å². The summed E-state index contributed by atoms with van der Waals surface area (Å²) in [5.74, 6) is -0.578. The maximum Gasteiger partial charge on any atom is 0.251 e. The van der Waals surface area contributed by atoms with Crippen LogP contribution in [0, 0.1) is 0 Å². The molecule has 8 nitrogen and oxygen atoms in total. The first kappa shape index (κ1) is 21.3. The van der Waals surface area contributed by atoms with Gasteiger partial charge in [0.2, 0.25) is 15.9 Å². The van der Waals surface area contributed by atoms with E-state index in [-0.39, 0.29) is 17.3 Å². The summed E-state index contributed by atoms with van der Waals surface area (Å²) >= 11 is 0. The Bertz CT molecular complexity index is 743. The van der Waals surface area contributed by atoms with Gasteiger partial charge in [-0.05, 0) is 30.7 Å². The number of sulfonamides is 1. The maximum absolute atomic E-state index is 12.6. The van der Waals surface area contributed by atoms with E-state index in [1.807, 2.05) is 6.92 Å². The van der Waals surface area contributed by atoms with Gasteiger partial charge in [-0.2, -0.15) is 4.31 Å². The third-order valence-corrected chi connectivity index (χ3v) is 6.31. The van der Waals surface area contributed by atoms with Crippen LogP contribution in [-0.2, 0) is 19.6 Å². The second kappa shape index (κ2) is 9.82. The Balaban J connectivity index is 1.94. The summed E-state index contributed by atoms with van der Waals surface area (Å²) in [6.07, 6.45) is 1.90. The summed E-state index contributed by atoms with van der Waals surface area (Å²) in [6, 6.07) is 5.73. The molecule has 0 unspecified atom stereocenters. The van der Waals surface area contributed by atoms with Gasteiger partial charge >= 0.3 is 0 Å². The third-order valence-electron chi connectivity index (χ3n) is 4.40. The van der Waals surface area contributed by atoms with Gasteiger partial charge in [0.15, 0.2) is 0 Å². The maximum atomic E-state index is 12.6. The second-order valence-corrected chi connectivity index (χ2v) is 8.33. The summed E-state index contributed by atoms with van der Waals surface area (Å²) in [5, 5.41) is 2.57. The lowest BCUT2D eigenvalue weighted by molar-refractivity contribution is -0.128. The minimum atomic E-state index is -3.59. The molecule has 0 radical (unpaired) electrons. The highest BCUT2D eigenvalue weighted by Crippen LogP contribution is 2.17. The number of rotatable bonds is 8. The lowest BCUT2D eigenvalue weighted by Crippen LogP contribution is -2.40. The fourth-order valence-electron chi connectivity index (χ4n) is 2.63.